The first-order valence-corrected chi connectivity index (χ1v) is 11.3. The Morgan fingerprint density at radius 1 is 1.13 bits per heavy atom. The molecular formula is C24H29N5OS. The van der Waals surface area contributed by atoms with Gasteiger partial charge in [-0.3, -0.25) is 19.4 Å². The number of aryl methyl sites for hydroxylation is 1. The van der Waals surface area contributed by atoms with Gasteiger partial charge in [-0.25, -0.2) is 0 Å². The minimum atomic E-state index is -0.0339. The molecule has 0 spiro atoms. The minimum Gasteiger partial charge on any atom is -0.326 e. The van der Waals surface area contributed by atoms with E-state index in [2.05, 4.69) is 38.6 Å². The number of anilines is 1. The first-order valence-electron chi connectivity index (χ1n) is 10.9. The lowest BCUT2D eigenvalue weighted by atomic mass is 10.1. The molecule has 0 saturated carbocycles. The minimum absolute atomic E-state index is 0.0339. The number of nitrogens with one attached hydrogen (secondary N) is 2. The number of carbonyl (C=O) groups is 1. The van der Waals surface area contributed by atoms with Gasteiger partial charge in [0.1, 0.15) is 0 Å². The molecule has 31 heavy (non-hydrogen) atoms. The van der Waals surface area contributed by atoms with Crippen molar-refractivity contribution in [3.63, 3.8) is 0 Å². The highest BCUT2D eigenvalue weighted by Crippen LogP contribution is 2.20. The first kappa shape index (κ1) is 21.5. The average molecular weight is 436 g/mol. The molecule has 2 N–H and O–H groups in total. The second kappa shape index (κ2) is 10.0. The molecule has 1 aromatic heterocycles. The van der Waals surface area contributed by atoms with E-state index in [4.69, 9.17) is 12.2 Å². The van der Waals surface area contributed by atoms with Crippen molar-refractivity contribution >= 4 is 23.8 Å². The van der Waals surface area contributed by atoms with Gasteiger partial charge in [-0.05, 0) is 68.8 Å². The molecule has 1 saturated heterocycles. The first-order chi connectivity index (χ1) is 15.1. The Kier molecular flexibility index (Phi) is 6.94. The van der Waals surface area contributed by atoms with Crippen LogP contribution in [-0.4, -0.2) is 38.7 Å². The number of amides is 1. The fourth-order valence-corrected chi connectivity index (χ4v) is 4.31. The van der Waals surface area contributed by atoms with E-state index in [9.17, 15) is 4.79 Å². The number of hydrogen-bond donors (Lipinski definition) is 2. The molecule has 0 unspecified atom stereocenters. The Hall–Kier alpha value is -2.77. The molecule has 1 aliphatic rings. The quantitative estimate of drug-likeness (QED) is 0.517. The molecule has 2 heterocycles. The highest BCUT2D eigenvalue weighted by atomic mass is 32.1. The molecule has 7 heteroatoms. The number of likely N-dealkylation sites (tertiary alicyclic amines) is 1. The van der Waals surface area contributed by atoms with E-state index >= 15 is 0 Å². The van der Waals surface area contributed by atoms with Gasteiger partial charge in [-0.15, -0.1) is 0 Å². The molecule has 0 aliphatic carbocycles. The third-order valence-electron chi connectivity index (χ3n) is 5.66. The largest absolute Gasteiger partial charge is 0.326 e. The van der Waals surface area contributed by atoms with Crippen LogP contribution >= 0.6 is 12.2 Å². The SMILES string of the molecule is Cc1cccc(-c2n[nH]c(=S)n2CCC(=O)Nc2cccc(CN3CCCCC3)c2)c1. The average Bonchev–Trinajstić information content (AvgIpc) is 3.13. The zero-order chi connectivity index (χ0) is 21.6. The van der Waals surface area contributed by atoms with Gasteiger partial charge in [0.05, 0.1) is 0 Å². The van der Waals surface area contributed by atoms with Crippen molar-refractivity contribution in [1.29, 1.82) is 0 Å². The van der Waals surface area contributed by atoms with E-state index in [0.717, 1.165) is 42.3 Å². The fraction of sp³-hybridized carbons (Fsp3) is 0.375. The molecule has 2 aromatic carbocycles. The van der Waals surface area contributed by atoms with E-state index in [1.165, 1.54) is 24.8 Å². The van der Waals surface area contributed by atoms with Crippen LogP contribution in [0.2, 0.25) is 0 Å². The number of rotatable bonds is 7. The van der Waals surface area contributed by atoms with E-state index in [1.54, 1.807) is 0 Å². The fourth-order valence-electron chi connectivity index (χ4n) is 4.09. The lowest BCUT2D eigenvalue weighted by Crippen LogP contribution is -2.29. The number of benzene rings is 2. The van der Waals surface area contributed by atoms with Crippen LogP contribution in [0.4, 0.5) is 5.69 Å². The van der Waals surface area contributed by atoms with Gasteiger partial charge in [-0.2, -0.15) is 5.10 Å². The Morgan fingerprint density at radius 2 is 1.94 bits per heavy atom. The van der Waals surface area contributed by atoms with Crippen LogP contribution in [0.1, 0.15) is 36.8 Å². The summed E-state index contributed by atoms with van der Waals surface area (Å²) in [5.74, 6) is 0.721. The van der Waals surface area contributed by atoms with Crippen LogP contribution in [0.25, 0.3) is 11.4 Å². The van der Waals surface area contributed by atoms with E-state index in [1.807, 2.05) is 41.8 Å². The molecule has 3 aromatic rings. The number of carbonyl (C=O) groups excluding carboxylic acids is 1. The second-order valence-electron chi connectivity index (χ2n) is 8.21. The molecular weight excluding hydrogens is 406 g/mol. The van der Waals surface area contributed by atoms with E-state index in [0.29, 0.717) is 17.7 Å². The maximum absolute atomic E-state index is 12.6. The summed E-state index contributed by atoms with van der Waals surface area (Å²) >= 11 is 5.39. The van der Waals surface area contributed by atoms with E-state index in [-0.39, 0.29) is 5.91 Å². The van der Waals surface area contributed by atoms with Gasteiger partial charge in [0, 0.05) is 30.8 Å². The lowest BCUT2D eigenvalue weighted by molar-refractivity contribution is -0.116. The third-order valence-corrected chi connectivity index (χ3v) is 5.97. The van der Waals surface area contributed by atoms with Crippen molar-refractivity contribution in [2.45, 2.75) is 45.7 Å². The number of nitrogens with zero attached hydrogens (tertiary/aromatic N) is 3. The highest BCUT2D eigenvalue weighted by Gasteiger charge is 2.13. The maximum atomic E-state index is 12.6. The summed E-state index contributed by atoms with van der Waals surface area (Å²) < 4.78 is 2.41. The zero-order valence-corrected chi connectivity index (χ0v) is 18.8. The molecule has 0 bridgehead atoms. The van der Waals surface area contributed by atoms with Crippen molar-refractivity contribution in [2.75, 3.05) is 18.4 Å². The van der Waals surface area contributed by atoms with Gasteiger partial charge >= 0.3 is 0 Å². The van der Waals surface area contributed by atoms with Crippen LogP contribution in [0, 0.1) is 11.7 Å². The van der Waals surface area contributed by atoms with E-state index < -0.39 is 0 Å². The van der Waals surface area contributed by atoms with Crippen LogP contribution in [0.5, 0.6) is 0 Å². The standard InChI is InChI=1S/C24H29N5OS/c1-18-7-5-9-20(15-18)23-26-27-24(31)29(23)14-11-22(30)25-21-10-6-8-19(16-21)17-28-12-3-2-4-13-28/h5-10,15-16H,2-4,11-14,17H2,1H3,(H,25,30)(H,27,31). The molecule has 1 amide bonds. The molecule has 4 rings (SSSR count). The predicted octanol–water partition coefficient (Wildman–Crippen LogP) is 4.93. The summed E-state index contributed by atoms with van der Waals surface area (Å²) in [5.41, 5.74) is 4.21. The maximum Gasteiger partial charge on any atom is 0.226 e. The van der Waals surface area contributed by atoms with Gasteiger partial charge in [0.15, 0.2) is 10.6 Å². The smallest absolute Gasteiger partial charge is 0.226 e. The Balaban J connectivity index is 1.37. The zero-order valence-electron chi connectivity index (χ0n) is 17.9. The van der Waals surface area contributed by atoms with Crippen LogP contribution < -0.4 is 5.32 Å². The van der Waals surface area contributed by atoms with Crippen molar-refractivity contribution in [3.05, 3.63) is 64.4 Å². The molecule has 1 aliphatic heterocycles. The van der Waals surface area contributed by atoms with Crippen LogP contribution in [0.15, 0.2) is 48.5 Å². The Morgan fingerprint density at radius 3 is 2.74 bits per heavy atom. The van der Waals surface area contributed by atoms with Crippen molar-refractivity contribution in [2.24, 2.45) is 0 Å². The number of H-pyrrole nitrogens is 1. The van der Waals surface area contributed by atoms with Crippen molar-refractivity contribution in [3.8, 4) is 11.4 Å². The van der Waals surface area contributed by atoms with Crippen molar-refractivity contribution in [1.82, 2.24) is 19.7 Å². The Bertz CT molecular complexity index is 1100. The molecule has 1 fully saturated rings. The molecule has 6 nitrogen and oxygen atoms in total. The summed E-state index contributed by atoms with van der Waals surface area (Å²) in [5, 5.41) is 10.3. The van der Waals surface area contributed by atoms with Gasteiger partial charge in [0.2, 0.25) is 5.91 Å². The summed E-state index contributed by atoms with van der Waals surface area (Å²) in [7, 11) is 0. The van der Waals surface area contributed by atoms with Crippen molar-refractivity contribution < 1.29 is 4.79 Å². The number of hydrogen-bond acceptors (Lipinski definition) is 4. The summed E-state index contributed by atoms with van der Waals surface area (Å²) in [6.45, 7) is 5.77. The predicted molar refractivity (Wildman–Crippen MR) is 126 cm³/mol. The second-order valence-corrected chi connectivity index (χ2v) is 8.60. The van der Waals surface area contributed by atoms with Crippen LogP contribution in [0.3, 0.4) is 0 Å². The van der Waals surface area contributed by atoms with Gasteiger partial charge < -0.3 is 5.32 Å². The third kappa shape index (κ3) is 5.68. The molecule has 0 atom stereocenters. The molecule has 0 radical (unpaired) electrons. The lowest BCUT2D eigenvalue weighted by Gasteiger charge is -2.26. The monoisotopic (exact) mass is 435 g/mol. The number of aromatic nitrogens is 3. The van der Waals surface area contributed by atoms with Gasteiger partial charge in [-0.1, -0.05) is 42.3 Å². The summed E-state index contributed by atoms with van der Waals surface area (Å²) in [6, 6.07) is 16.3. The van der Waals surface area contributed by atoms with Crippen LogP contribution in [-0.2, 0) is 17.9 Å². The summed E-state index contributed by atoms with van der Waals surface area (Å²) in [6.07, 6.45) is 4.21. The van der Waals surface area contributed by atoms with Gasteiger partial charge in [0.25, 0.3) is 0 Å². The normalized spacial score (nSPS) is 14.5. The highest BCUT2D eigenvalue weighted by molar-refractivity contribution is 7.71. The summed E-state index contributed by atoms with van der Waals surface area (Å²) in [4.78, 5) is 15.1. The Labute approximate surface area is 188 Å². The number of aromatic amines is 1. The topological polar surface area (TPSA) is 66.0 Å². The molecule has 162 valence electrons. The number of piperidine rings is 1.